The minimum atomic E-state index is -1.22. The number of hydrogen-bond acceptors (Lipinski definition) is 5. The summed E-state index contributed by atoms with van der Waals surface area (Å²) in [5.74, 6) is 0.105. The molecule has 0 N–H and O–H groups in total. The highest BCUT2D eigenvalue weighted by molar-refractivity contribution is 6.03. The Morgan fingerprint density at radius 1 is 1.04 bits per heavy atom. The zero-order valence-electron chi connectivity index (χ0n) is 13.0. The van der Waals surface area contributed by atoms with E-state index in [2.05, 4.69) is 4.98 Å². The van der Waals surface area contributed by atoms with Crippen molar-refractivity contribution >= 4 is 16.9 Å². The van der Waals surface area contributed by atoms with Gasteiger partial charge < -0.3 is 19.4 Å². The Hall–Kier alpha value is -3.08. The first-order valence-corrected chi connectivity index (χ1v) is 7.64. The van der Waals surface area contributed by atoms with Gasteiger partial charge in [0.05, 0.1) is 17.2 Å². The Kier molecular flexibility index (Phi) is 3.34. The highest BCUT2D eigenvalue weighted by atomic mass is 16.6. The lowest BCUT2D eigenvalue weighted by molar-refractivity contribution is -0.254. The van der Waals surface area contributed by atoms with E-state index in [0.717, 1.165) is 11.1 Å². The van der Waals surface area contributed by atoms with Crippen LogP contribution in [0.3, 0.4) is 0 Å². The average Bonchev–Trinajstić information content (AvgIpc) is 2.60. The van der Waals surface area contributed by atoms with E-state index in [4.69, 9.17) is 9.47 Å². The van der Waals surface area contributed by atoms with E-state index >= 15 is 0 Å². The number of benzene rings is 2. The summed E-state index contributed by atoms with van der Waals surface area (Å²) >= 11 is 0. The van der Waals surface area contributed by atoms with E-state index in [1.165, 1.54) is 0 Å². The molecule has 1 aliphatic rings. The van der Waals surface area contributed by atoms with Gasteiger partial charge in [-0.15, -0.1) is 0 Å². The van der Waals surface area contributed by atoms with Crippen molar-refractivity contribution in [3.63, 3.8) is 0 Å². The van der Waals surface area contributed by atoms with Crippen LogP contribution in [0.25, 0.3) is 22.2 Å². The molecule has 0 aliphatic carbocycles. The van der Waals surface area contributed by atoms with E-state index in [0.29, 0.717) is 41.3 Å². The Morgan fingerprint density at radius 3 is 2.62 bits per heavy atom. The molecular weight excluding hydrogens is 306 g/mol. The maximum Gasteiger partial charge on any atom is 0.162 e. The number of pyridine rings is 1. The number of hydrogen-bond donors (Lipinski definition) is 0. The van der Waals surface area contributed by atoms with Crippen LogP contribution in [-0.4, -0.2) is 24.2 Å². The number of carboxylic acid groups (broad SMARTS) is 1. The molecule has 1 aromatic heterocycles. The van der Waals surface area contributed by atoms with Gasteiger partial charge in [-0.25, -0.2) is 4.98 Å². The van der Waals surface area contributed by atoms with Gasteiger partial charge in [0.25, 0.3) is 0 Å². The molecule has 0 atom stereocenters. The highest BCUT2D eigenvalue weighted by Gasteiger charge is 2.14. The topological polar surface area (TPSA) is 71.5 Å². The summed E-state index contributed by atoms with van der Waals surface area (Å²) in [6.07, 6.45) is 0. The van der Waals surface area contributed by atoms with Gasteiger partial charge in [0.15, 0.2) is 11.5 Å². The van der Waals surface area contributed by atoms with Crippen LogP contribution in [-0.2, 0) is 0 Å². The molecule has 0 saturated carbocycles. The first-order valence-electron chi connectivity index (χ1n) is 7.64. The second-order valence-corrected chi connectivity index (χ2v) is 5.72. The molecule has 5 heteroatoms. The third kappa shape index (κ3) is 2.44. The minimum absolute atomic E-state index is 0.133. The van der Waals surface area contributed by atoms with Gasteiger partial charge in [0, 0.05) is 16.5 Å². The lowest BCUT2D eigenvalue weighted by atomic mass is 10.0. The number of aromatic nitrogens is 1. The van der Waals surface area contributed by atoms with Crippen LogP contribution in [0.4, 0.5) is 0 Å². The van der Waals surface area contributed by atoms with E-state index in [-0.39, 0.29) is 5.56 Å². The molecule has 0 radical (unpaired) electrons. The van der Waals surface area contributed by atoms with Gasteiger partial charge in [-0.05, 0) is 43.3 Å². The molecule has 0 amide bonds. The van der Waals surface area contributed by atoms with Crippen LogP contribution in [0, 0.1) is 6.92 Å². The number of ether oxygens (including phenoxy) is 2. The number of aromatic carboxylic acids is 1. The van der Waals surface area contributed by atoms with Gasteiger partial charge in [0.1, 0.15) is 13.2 Å². The Labute approximate surface area is 138 Å². The number of nitrogens with zero attached hydrogens (tertiary/aromatic N) is 1. The molecule has 2 aromatic carbocycles. The molecule has 0 fully saturated rings. The Bertz CT molecular complexity index is 965. The molecule has 0 spiro atoms. The second-order valence-electron chi connectivity index (χ2n) is 5.72. The van der Waals surface area contributed by atoms with Gasteiger partial charge in [-0.2, -0.15) is 0 Å². The zero-order chi connectivity index (χ0) is 16.7. The first-order chi connectivity index (χ1) is 11.6. The molecule has 5 nitrogen and oxygen atoms in total. The number of rotatable bonds is 2. The van der Waals surface area contributed by atoms with Crippen molar-refractivity contribution in [1.29, 1.82) is 0 Å². The minimum Gasteiger partial charge on any atom is -0.545 e. The van der Waals surface area contributed by atoms with E-state index in [1.807, 2.05) is 37.3 Å². The largest absolute Gasteiger partial charge is 0.545 e. The molecule has 2 heterocycles. The van der Waals surface area contributed by atoms with Crippen molar-refractivity contribution in [3.05, 3.63) is 53.6 Å². The van der Waals surface area contributed by atoms with Crippen molar-refractivity contribution in [2.75, 3.05) is 13.2 Å². The van der Waals surface area contributed by atoms with Crippen molar-refractivity contribution in [2.45, 2.75) is 6.92 Å². The maximum atomic E-state index is 11.6. The zero-order valence-corrected chi connectivity index (χ0v) is 13.0. The fourth-order valence-electron chi connectivity index (χ4n) is 2.86. The van der Waals surface area contributed by atoms with Crippen molar-refractivity contribution in [3.8, 4) is 22.8 Å². The third-order valence-corrected chi connectivity index (χ3v) is 4.02. The van der Waals surface area contributed by atoms with Crippen molar-refractivity contribution < 1.29 is 19.4 Å². The van der Waals surface area contributed by atoms with Crippen LogP contribution >= 0.6 is 0 Å². The van der Waals surface area contributed by atoms with Gasteiger partial charge >= 0.3 is 0 Å². The molecule has 0 unspecified atom stereocenters. The third-order valence-electron chi connectivity index (χ3n) is 4.02. The molecule has 24 heavy (non-hydrogen) atoms. The standard InChI is InChI=1S/C19H15NO4/c1-11-2-4-15-13(8-11)14(19(21)22)10-16(20-15)12-3-5-17-18(9-12)24-7-6-23-17/h2-5,8-10H,6-7H2,1H3,(H,21,22)/p-1. The highest BCUT2D eigenvalue weighted by Crippen LogP contribution is 2.35. The SMILES string of the molecule is Cc1ccc2nc(-c3ccc4c(c3)OCCO4)cc(C(=O)[O-])c2c1. The van der Waals surface area contributed by atoms with Gasteiger partial charge in [-0.3, -0.25) is 0 Å². The quantitative estimate of drug-likeness (QED) is 0.725. The Balaban J connectivity index is 1.91. The van der Waals surface area contributed by atoms with Crippen LogP contribution in [0.2, 0.25) is 0 Å². The molecule has 1 aliphatic heterocycles. The molecule has 0 bridgehead atoms. The number of carboxylic acids is 1. The van der Waals surface area contributed by atoms with Crippen molar-refractivity contribution in [1.82, 2.24) is 4.98 Å². The predicted octanol–water partition coefficient (Wildman–Crippen LogP) is 2.34. The molecule has 0 saturated heterocycles. The lowest BCUT2D eigenvalue weighted by Crippen LogP contribution is -2.22. The average molecular weight is 320 g/mol. The summed E-state index contributed by atoms with van der Waals surface area (Å²) in [5, 5.41) is 12.1. The number of aryl methyl sites for hydroxylation is 1. The second kappa shape index (κ2) is 5.53. The van der Waals surface area contributed by atoms with Gasteiger partial charge in [0.2, 0.25) is 0 Å². The number of fused-ring (bicyclic) bond motifs is 2. The number of carbonyl (C=O) groups excluding carboxylic acids is 1. The van der Waals surface area contributed by atoms with E-state index in [9.17, 15) is 9.90 Å². The van der Waals surface area contributed by atoms with Crippen LogP contribution < -0.4 is 14.6 Å². The summed E-state index contributed by atoms with van der Waals surface area (Å²) in [4.78, 5) is 16.1. The van der Waals surface area contributed by atoms with E-state index < -0.39 is 5.97 Å². The fraction of sp³-hybridized carbons (Fsp3) is 0.158. The van der Waals surface area contributed by atoms with Crippen LogP contribution in [0.5, 0.6) is 11.5 Å². The molecule has 120 valence electrons. The summed E-state index contributed by atoms with van der Waals surface area (Å²) in [5.41, 5.74) is 3.05. The van der Waals surface area contributed by atoms with Crippen LogP contribution in [0.15, 0.2) is 42.5 Å². The molecule has 3 aromatic rings. The molecule has 4 rings (SSSR count). The fourth-order valence-corrected chi connectivity index (χ4v) is 2.86. The lowest BCUT2D eigenvalue weighted by Gasteiger charge is -2.19. The summed E-state index contributed by atoms with van der Waals surface area (Å²) in [6.45, 7) is 2.92. The normalized spacial score (nSPS) is 13.0. The monoisotopic (exact) mass is 320 g/mol. The van der Waals surface area contributed by atoms with Crippen molar-refractivity contribution in [2.24, 2.45) is 0 Å². The predicted molar refractivity (Wildman–Crippen MR) is 87.2 cm³/mol. The van der Waals surface area contributed by atoms with E-state index in [1.54, 1.807) is 12.1 Å². The van der Waals surface area contributed by atoms with Gasteiger partial charge in [-0.1, -0.05) is 11.6 Å². The first kappa shape index (κ1) is 14.5. The van der Waals surface area contributed by atoms with Crippen LogP contribution in [0.1, 0.15) is 15.9 Å². The summed E-state index contributed by atoms with van der Waals surface area (Å²) in [7, 11) is 0. The smallest absolute Gasteiger partial charge is 0.162 e. The molecular formula is C19H14NO4-. The summed E-state index contributed by atoms with van der Waals surface area (Å²) < 4.78 is 11.1. The number of carbonyl (C=O) groups is 1. The Morgan fingerprint density at radius 2 is 1.83 bits per heavy atom. The summed E-state index contributed by atoms with van der Waals surface area (Å²) in [6, 6.07) is 12.5. The maximum absolute atomic E-state index is 11.6.